The molecule has 1 aliphatic carbocycles. The molecular formula is C14H16ClN3O3. The molecule has 2 aliphatic heterocycles. The summed E-state index contributed by atoms with van der Waals surface area (Å²) >= 11 is 0. The summed E-state index contributed by atoms with van der Waals surface area (Å²) in [5, 5.41) is 5.28. The molecule has 3 aliphatic rings. The van der Waals surface area contributed by atoms with Crippen LogP contribution in [0.25, 0.3) is 0 Å². The summed E-state index contributed by atoms with van der Waals surface area (Å²) in [6.07, 6.45) is 6.03. The molecule has 0 spiro atoms. The molecule has 7 heteroatoms. The Morgan fingerprint density at radius 1 is 1.29 bits per heavy atom. The van der Waals surface area contributed by atoms with Gasteiger partial charge in [-0.25, -0.2) is 0 Å². The van der Waals surface area contributed by atoms with E-state index in [1.165, 1.54) is 6.08 Å². The minimum absolute atomic E-state index is 0. The zero-order valence-electron chi connectivity index (χ0n) is 11.5. The molecule has 0 bridgehead atoms. The number of nitrogens with one attached hydrogen (secondary N) is 2. The third-order valence-electron chi connectivity index (χ3n) is 3.82. The number of imide groups is 1. The first-order valence-electron chi connectivity index (χ1n) is 6.55. The number of rotatable bonds is 2. The molecule has 1 fully saturated rings. The van der Waals surface area contributed by atoms with Gasteiger partial charge >= 0.3 is 0 Å². The van der Waals surface area contributed by atoms with Crippen LogP contribution in [0.5, 0.6) is 0 Å². The fraction of sp³-hybridized carbons (Fsp3) is 0.357. The normalized spacial score (nSPS) is 24.4. The van der Waals surface area contributed by atoms with Gasteiger partial charge < -0.3 is 10.2 Å². The highest BCUT2D eigenvalue weighted by atomic mass is 35.5. The van der Waals surface area contributed by atoms with Gasteiger partial charge in [0, 0.05) is 31.8 Å². The van der Waals surface area contributed by atoms with Crippen molar-refractivity contribution in [1.29, 1.82) is 0 Å². The molecular weight excluding hydrogens is 294 g/mol. The Labute approximate surface area is 128 Å². The van der Waals surface area contributed by atoms with Crippen LogP contribution >= 0.6 is 12.4 Å². The monoisotopic (exact) mass is 309 g/mol. The van der Waals surface area contributed by atoms with E-state index in [1.54, 1.807) is 13.1 Å². The van der Waals surface area contributed by atoms with Gasteiger partial charge in [0.1, 0.15) is 6.04 Å². The van der Waals surface area contributed by atoms with Crippen molar-refractivity contribution in [2.45, 2.75) is 18.9 Å². The van der Waals surface area contributed by atoms with Gasteiger partial charge in [0.05, 0.1) is 5.70 Å². The van der Waals surface area contributed by atoms with Gasteiger partial charge in [-0.15, -0.1) is 12.4 Å². The summed E-state index contributed by atoms with van der Waals surface area (Å²) in [6.45, 7) is 0.508. The lowest BCUT2D eigenvalue weighted by molar-refractivity contribution is -0.136. The molecule has 1 saturated heterocycles. The molecule has 2 amide bonds. The standard InChI is InChI=1S/C14H15N3O3.ClH/c1-15-13-9-7-17(6-8(9)2-4-11(13)18)10-3-5-12(19)16-14(10)20;/h2,4,6,10,15H,3,5,7H2,1H3,(H,16,19,20);1H. The fourth-order valence-electron chi connectivity index (χ4n) is 2.81. The maximum atomic E-state index is 11.9. The second-order valence-corrected chi connectivity index (χ2v) is 5.02. The van der Waals surface area contributed by atoms with Gasteiger partial charge in [-0.3, -0.25) is 19.7 Å². The van der Waals surface area contributed by atoms with Crippen LogP contribution in [0.15, 0.2) is 35.2 Å². The molecule has 1 atom stereocenters. The predicted octanol–water partition coefficient (Wildman–Crippen LogP) is 0.0253. The Bertz CT molecular complexity index is 607. The number of halogens is 1. The topological polar surface area (TPSA) is 78.5 Å². The van der Waals surface area contributed by atoms with Crippen molar-refractivity contribution in [3.63, 3.8) is 0 Å². The van der Waals surface area contributed by atoms with E-state index < -0.39 is 0 Å². The SMILES string of the molecule is CNC1=C2CN(C3CCC(=O)NC3=O)C=C2C=CC1=O.Cl. The van der Waals surface area contributed by atoms with Crippen LogP contribution in [0.3, 0.4) is 0 Å². The van der Waals surface area contributed by atoms with Gasteiger partial charge in [-0.2, -0.15) is 0 Å². The molecule has 0 radical (unpaired) electrons. The van der Waals surface area contributed by atoms with Crippen LogP contribution in [0.4, 0.5) is 0 Å². The maximum absolute atomic E-state index is 11.9. The number of carbonyl (C=O) groups excluding carboxylic acids is 3. The third kappa shape index (κ3) is 2.58. The summed E-state index contributed by atoms with van der Waals surface area (Å²) in [5.41, 5.74) is 2.43. The van der Waals surface area contributed by atoms with E-state index >= 15 is 0 Å². The summed E-state index contributed by atoms with van der Waals surface area (Å²) in [4.78, 5) is 36.8. The number of carbonyl (C=O) groups is 3. The number of nitrogens with zero attached hydrogens (tertiary/aromatic N) is 1. The minimum Gasteiger partial charge on any atom is -0.385 e. The van der Waals surface area contributed by atoms with Crippen molar-refractivity contribution in [3.05, 3.63) is 35.2 Å². The van der Waals surface area contributed by atoms with Crippen molar-refractivity contribution in [2.24, 2.45) is 0 Å². The van der Waals surface area contributed by atoms with Crippen LogP contribution in [0, 0.1) is 0 Å². The van der Waals surface area contributed by atoms with E-state index in [1.807, 2.05) is 11.1 Å². The largest absolute Gasteiger partial charge is 0.385 e. The third-order valence-corrected chi connectivity index (χ3v) is 3.82. The summed E-state index contributed by atoms with van der Waals surface area (Å²) in [5.74, 6) is -0.538. The molecule has 0 saturated carbocycles. The average molecular weight is 310 g/mol. The maximum Gasteiger partial charge on any atom is 0.249 e. The molecule has 21 heavy (non-hydrogen) atoms. The van der Waals surface area contributed by atoms with Crippen molar-refractivity contribution in [1.82, 2.24) is 15.5 Å². The number of piperidine rings is 1. The number of hydrogen-bond donors (Lipinski definition) is 2. The fourth-order valence-corrected chi connectivity index (χ4v) is 2.81. The molecule has 112 valence electrons. The van der Waals surface area contributed by atoms with E-state index in [9.17, 15) is 14.4 Å². The highest BCUT2D eigenvalue weighted by Gasteiger charge is 2.35. The Hall–Kier alpha value is -2.08. The van der Waals surface area contributed by atoms with E-state index in [0.29, 0.717) is 25.1 Å². The zero-order valence-corrected chi connectivity index (χ0v) is 12.3. The number of hydrogen-bond acceptors (Lipinski definition) is 5. The number of amides is 2. The molecule has 6 nitrogen and oxygen atoms in total. The first kappa shape index (κ1) is 15.3. The van der Waals surface area contributed by atoms with Gasteiger partial charge in [0.2, 0.25) is 17.6 Å². The lowest BCUT2D eigenvalue weighted by atomic mass is 9.98. The molecule has 2 heterocycles. The Balaban J connectivity index is 0.00000161. The summed E-state index contributed by atoms with van der Waals surface area (Å²) in [6, 6.07) is -0.347. The second-order valence-electron chi connectivity index (χ2n) is 5.02. The number of ketones is 1. The molecule has 0 aromatic carbocycles. The molecule has 1 unspecified atom stereocenters. The summed E-state index contributed by atoms with van der Waals surface area (Å²) in [7, 11) is 1.71. The van der Waals surface area contributed by atoms with Crippen LogP contribution in [-0.4, -0.2) is 42.1 Å². The molecule has 3 rings (SSSR count). The first-order valence-corrected chi connectivity index (χ1v) is 6.55. The van der Waals surface area contributed by atoms with Crippen molar-refractivity contribution in [2.75, 3.05) is 13.6 Å². The molecule has 2 N–H and O–H groups in total. The van der Waals surface area contributed by atoms with Gasteiger partial charge in [-0.05, 0) is 24.1 Å². The van der Waals surface area contributed by atoms with Crippen molar-refractivity contribution < 1.29 is 14.4 Å². The van der Waals surface area contributed by atoms with Gasteiger partial charge in [-0.1, -0.05) is 0 Å². The zero-order chi connectivity index (χ0) is 14.3. The highest BCUT2D eigenvalue weighted by molar-refractivity contribution is 6.07. The minimum atomic E-state index is -0.347. The number of fused-ring (bicyclic) bond motifs is 1. The lowest BCUT2D eigenvalue weighted by Crippen LogP contribution is -2.50. The van der Waals surface area contributed by atoms with E-state index in [2.05, 4.69) is 10.6 Å². The van der Waals surface area contributed by atoms with E-state index in [0.717, 1.165) is 11.1 Å². The molecule has 0 aromatic rings. The predicted molar refractivity (Wildman–Crippen MR) is 78.4 cm³/mol. The van der Waals surface area contributed by atoms with E-state index in [4.69, 9.17) is 0 Å². The van der Waals surface area contributed by atoms with Crippen molar-refractivity contribution >= 4 is 30.0 Å². The summed E-state index contributed by atoms with van der Waals surface area (Å²) < 4.78 is 0. The van der Waals surface area contributed by atoms with Gasteiger partial charge in [0.25, 0.3) is 0 Å². The number of allylic oxidation sites excluding steroid dienone is 2. The Morgan fingerprint density at radius 3 is 2.71 bits per heavy atom. The Morgan fingerprint density at radius 2 is 2.05 bits per heavy atom. The number of likely N-dealkylation sites (N-methyl/N-ethyl adjacent to an activating group) is 1. The van der Waals surface area contributed by atoms with Crippen molar-refractivity contribution in [3.8, 4) is 0 Å². The van der Waals surface area contributed by atoms with Crippen LogP contribution in [0.2, 0.25) is 0 Å². The smallest absolute Gasteiger partial charge is 0.249 e. The quantitative estimate of drug-likeness (QED) is 0.703. The van der Waals surface area contributed by atoms with Crippen LogP contribution < -0.4 is 10.6 Å². The van der Waals surface area contributed by atoms with E-state index in [-0.39, 0.29) is 36.0 Å². The Kier molecular flexibility index (Phi) is 4.18. The first-order chi connectivity index (χ1) is 9.60. The second kappa shape index (κ2) is 5.73. The van der Waals surface area contributed by atoms with Crippen LogP contribution in [0.1, 0.15) is 12.8 Å². The average Bonchev–Trinajstić information content (AvgIpc) is 2.82. The molecule has 0 aromatic heterocycles. The van der Waals surface area contributed by atoms with Crippen LogP contribution in [-0.2, 0) is 14.4 Å². The lowest BCUT2D eigenvalue weighted by Gasteiger charge is -2.29. The van der Waals surface area contributed by atoms with Gasteiger partial charge in [0.15, 0.2) is 0 Å². The highest BCUT2D eigenvalue weighted by Crippen LogP contribution is 2.30.